The van der Waals surface area contributed by atoms with Gasteiger partial charge in [-0.05, 0) is 0 Å². The highest BCUT2D eigenvalue weighted by molar-refractivity contribution is 6.24. The molecule has 0 aliphatic heterocycles. The zero-order chi connectivity index (χ0) is 14.1. The fourth-order valence-corrected chi connectivity index (χ4v) is 2.00. The van der Waals surface area contributed by atoms with Gasteiger partial charge in [0.05, 0.1) is 0 Å². The van der Waals surface area contributed by atoms with Gasteiger partial charge in [-0.2, -0.15) is 0 Å². The second-order valence-electron chi connectivity index (χ2n) is 4.23. The smallest absolute Gasteiger partial charge is 0.321 e. The number of rotatable bonds is 4. The Kier molecular flexibility index (Phi) is 3.64. The Morgan fingerprint density at radius 1 is 1.11 bits per heavy atom. The monoisotopic (exact) mass is 256 g/mol. The van der Waals surface area contributed by atoms with Crippen molar-refractivity contribution in [2.24, 2.45) is 11.3 Å². The predicted octanol–water partition coefficient (Wildman–Crippen LogP) is -0.331. The van der Waals surface area contributed by atoms with E-state index in [2.05, 4.69) is 0 Å². The van der Waals surface area contributed by atoms with Crippen LogP contribution in [0, 0.1) is 11.3 Å². The van der Waals surface area contributed by atoms with E-state index in [-0.39, 0.29) is 6.42 Å². The number of carboxylic acid groups (broad SMARTS) is 2. The molecule has 0 heterocycles. The van der Waals surface area contributed by atoms with Crippen LogP contribution in [0.15, 0.2) is 0 Å². The largest absolute Gasteiger partial charge is 0.480 e. The van der Waals surface area contributed by atoms with Crippen LogP contribution in [0.5, 0.6) is 0 Å². The quantitative estimate of drug-likeness (QED) is 0.659. The number of carboxylic acids is 2. The van der Waals surface area contributed by atoms with E-state index in [9.17, 15) is 24.0 Å². The van der Waals surface area contributed by atoms with Gasteiger partial charge in [0, 0.05) is 19.3 Å². The summed E-state index contributed by atoms with van der Waals surface area (Å²) in [6.07, 6.45) is -1.70. The number of aliphatic carboxylic acids is 2. The van der Waals surface area contributed by atoms with Crippen LogP contribution in [0.1, 0.15) is 26.2 Å². The van der Waals surface area contributed by atoms with Crippen molar-refractivity contribution in [1.82, 2.24) is 0 Å². The van der Waals surface area contributed by atoms with Crippen LogP contribution in [-0.2, 0) is 24.0 Å². The summed E-state index contributed by atoms with van der Waals surface area (Å²) in [6.45, 7) is 1.47. The molecule has 0 aromatic rings. The third-order valence-corrected chi connectivity index (χ3v) is 3.09. The van der Waals surface area contributed by atoms with Crippen molar-refractivity contribution in [3.63, 3.8) is 0 Å². The van der Waals surface area contributed by atoms with E-state index in [1.54, 1.807) is 0 Å². The molecule has 2 N–H and O–H groups in total. The predicted molar refractivity (Wildman–Crippen MR) is 55.7 cm³/mol. The van der Waals surface area contributed by atoms with Crippen molar-refractivity contribution in [3.8, 4) is 0 Å². The van der Waals surface area contributed by atoms with E-state index in [1.165, 1.54) is 6.92 Å². The second kappa shape index (κ2) is 4.67. The summed E-state index contributed by atoms with van der Waals surface area (Å²) in [5.41, 5.74) is -2.43. The van der Waals surface area contributed by atoms with Crippen LogP contribution < -0.4 is 0 Å². The number of carbonyl (C=O) groups is 5. The van der Waals surface area contributed by atoms with Crippen molar-refractivity contribution < 1.29 is 34.2 Å². The van der Waals surface area contributed by atoms with E-state index in [1.807, 2.05) is 0 Å². The van der Waals surface area contributed by atoms with Crippen molar-refractivity contribution in [3.05, 3.63) is 0 Å². The van der Waals surface area contributed by atoms with Crippen LogP contribution in [-0.4, -0.2) is 39.5 Å². The Labute approximate surface area is 102 Å². The minimum absolute atomic E-state index is 0.0325. The molecular weight excluding hydrogens is 244 g/mol. The fourth-order valence-electron chi connectivity index (χ4n) is 2.00. The molecule has 7 heteroatoms. The number of hydrogen-bond acceptors (Lipinski definition) is 5. The van der Waals surface area contributed by atoms with E-state index in [4.69, 9.17) is 10.2 Å². The Balaban J connectivity index is 3.14. The SMILES string of the molecule is CCC(=O)C1C(=O)CC(C(=O)O)(C(=O)O)CC1=O. The van der Waals surface area contributed by atoms with Gasteiger partial charge in [-0.1, -0.05) is 6.92 Å². The van der Waals surface area contributed by atoms with Crippen molar-refractivity contribution >= 4 is 29.3 Å². The zero-order valence-electron chi connectivity index (χ0n) is 9.63. The van der Waals surface area contributed by atoms with Crippen molar-refractivity contribution in [2.45, 2.75) is 26.2 Å². The maximum absolute atomic E-state index is 11.7. The molecule has 0 saturated heterocycles. The van der Waals surface area contributed by atoms with Gasteiger partial charge in [-0.3, -0.25) is 24.0 Å². The van der Waals surface area contributed by atoms with Crippen molar-refractivity contribution in [2.75, 3.05) is 0 Å². The lowest BCUT2D eigenvalue weighted by Crippen LogP contribution is -2.51. The van der Waals surface area contributed by atoms with Crippen LogP contribution in [0.25, 0.3) is 0 Å². The summed E-state index contributed by atoms with van der Waals surface area (Å²) in [6, 6.07) is 0. The second-order valence-corrected chi connectivity index (χ2v) is 4.23. The van der Waals surface area contributed by atoms with E-state index < -0.39 is 53.5 Å². The van der Waals surface area contributed by atoms with E-state index >= 15 is 0 Å². The number of Topliss-reactive ketones (excluding diaryl/α,β-unsaturated/α-hetero) is 3. The average Bonchev–Trinajstić information content (AvgIpc) is 2.26. The van der Waals surface area contributed by atoms with Gasteiger partial charge in [-0.15, -0.1) is 0 Å². The summed E-state index contributed by atoms with van der Waals surface area (Å²) < 4.78 is 0. The molecule has 0 radical (unpaired) electrons. The maximum atomic E-state index is 11.7. The van der Waals surface area contributed by atoms with Gasteiger partial charge in [0.1, 0.15) is 5.92 Å². The van der Waals surface area contributed by atoms with Gasteiger partial charge in [-0.25, -0.2) is 0 Å². The minimum atomic E-state index is -2.43. The summed E-state index contributed by atoms with van der Waals surface area (Å²) >= 11 is 0. The van der Waals surface area contributed by atoms with E-state index in [0.29, 0.717) is 0 Å². The third kappa shape index (κ3) is 2.03. The normalized spacial score (nSPS) is 19.6. The molecule has 0 atom stereocenters. The van der Waals surface area contributed by atoms with Crippen LogP contribution in [0.2, 0.25) is 0 Å². The molecule has 0 aromatic heterocycles. The highest BCUT2D eigenvalue weighted by Crippen LogP contribution is 2.36. The first kappa shape index (κ1) is 14.0. The molecule has 0 bridgehead atoms. The number of ketones is 3. The average molecular weight is 256 g/mol. The molecular formula is C11H12O7. The molecule has 1 aliphatic carbocycles. The van der Waals surface area contributed by atoms with Gasteiger partial charge < -0.3 is 10.2 Å². The molecule has 0 spiro atoms. The Morgan fingerprint density at radius 2 is 1.50 bits per heavy atom. The molecule has 0 amide bonds. The molecule has 18 heavy (non-hydrogen) atoms. The number of carbonyl (C=O) groups excluding carboxylic acids is 3. The third-order valence-electron chi connectivity index (χ3n) is 3.09. The number of hydrogen-bond donors (Lipinski definition) is 2. The summed E-state index contributed by atoms with van der Waals surface area (Å²) in [4.78, 5) is 56.7. The summed E-state index contributed by atoms with van der Waals surface area (Å²) in [5.74, 6) is -7.43. The molecule has 98 valence electrons. The maximum Gasteiger partial charge on any atom is 0.321 e. The first-order valence-corrected chi connectivity index (χ1v) is 5.31. The highest BCUT2D eigenvalue weighted by Gasteiger charge is 2.56. The summed E-state index contributed by atoms with van der Waals surface area (Å²) in [7, 11) is 0. The molecule has 1 fully saturated rings. The zero-order valence-corrected chi connectivity index (χ0v) is 9.63. The Hall–Kier alpha value is -2.05. The lowest BCUT2D eigenvalue weighted by molar-refractivity contribution is -0.173. The van der Waals surface area contributed by atoms with Crippen LogP contribution >= 0.6 is 0 Å². The van der Waals surface area contributed by atoms with E-state index in [0.717, 1.165) is 0 Å². The van der Waals surface area contributed by atoms with Gasteiger partial charge in [0.2, 0.25) is 0 Å². The first-order valence-electron chi connectivity index (χ1n) is 5.31. The van der Waals surface area contributed by atoms with Gasteiger partial charge in [0.25, 0.3) is 0 Å². The minimum Gasteiger partial charge on any atom is -0.480 e. The van der Waals surface area contributed by atoms with Crippen molar-refractivity contribution in [1.29, 1.82) is 0 Å². The molecule has 1 saturated carbocycles. The topological polar surface area (TPSA) is 126 Å². The molecule has 1 aliphatic rings. The fraction of sp³-hybridized carbons (Fsp3) is 0.545. The van der Waals surface area contributed by atoms with Gasteiger partial charge >= 0.3 is 11.9 Å². The Morgan fingerprint density at radius 3 is 1.78 bits per heavy atom. The van der Waals surface area contributed by atoms with Gasteiger partial charge in [0.15, 0.2) is 22.8 Å². The molecule has 0 unspecified atom stereocenters. The first-order chi connectivity index (χ1) is 8.26. The lowest BCUT2D eigenvalue weighted by atomic mass is 9.68. The lowest BCUT2D eigenvalue weighted by Gasteiger charge is -2.30. The Bertz CT molecular complexity index is 414. The highest BCUT2D eigenvalue weighted by atomic mass is 16.4. The van der Waals surface area contributed by atoms with Crippen LogP contribution in [0.3, 0.4) is 0 Å². The molecule has 1 rings (SSSR count). The van der Waals surface area contributed by atoms with Crippen LogP contribution in [0.4, 0.5) is 0 Å². The molecule has 0 aromatic carbocycles. The standard InChI is InChI=1S/C11H12O7/c1-2-5(12)8-6(13)3-11(9(15)16,10(17)18)4-7(8)14/h8H,2-4H2,1H3,(H,15,16)(H,17,18). The molecule has 7 nitrogen and oxygen atoms in total. The summed E-state index contributed by atoms with van der Waals surface area (Å²) in [5, 5.41) is 17.8.